The van der Waals surface area contributed by atoms with Crippen LogP contribution >= 0.6 is 11.8 Å². The summed E-state index contributed by atoms with van der Waals surface area (Å²) in [5.41, 5.74) is 4.59. The van der Waals surface area contributed by atoms with Gasteiger partial charge in [0.25, 0.3) is 10.0 Å². The van der Waals surface area contributed by atoms with Crippen LogP contribution in [0.15, 0.2) is 46.3 Å². The van der Waals surface area contributed by atoms with E-state index < -0.39 is 10.0 Å². The Bertz CT molecular complexity index is 1430. The zero-order valence-corrected chi connectivity index (χ0v) is 22.4. The summed E-state index contributed by atoms with van der Waals surface area (Å²) in [6, 6.07) is 11.8. The summed E-state index contributed by atoms with van der Waals surface area (Å²) in [5.74, 6) is 0.271. The van der Waals surface area contributed by atoms with Gasteiger partial charge < -0.3 is 5.32 Å². The minimum Gasteiger partial charge on any atom is -0.326 e. The third kappa shape index (κ3) is 7.05. The van der Waals surface area contributed by atoms with Crippen molar-refractivity contribution in [3.8, 4) is 6.07 Å². The maximum atomic E-state index is 12.7. The highest BCUT2D eigenvalue weighted by Gasteiger charge is 2.17. The summed E-state index contributed by atoms with van der Waals surface area (Å²) < 4.78 is 27.8. The number of aromatic nitrogens is 3. The molecule has 0 radical (unpaired) electrons. The standard InChI is InChI=1S/C26H28N6O3S2/c1-17-14-18(2)29-26(28-17)32-37(34,35)22-10-8-21(9-11-22)30-24(33)12-13-36-25-20(16-27)15-19-6-4-3-5-7-23(19)31-25/h8-11,14-15H,3-7,12-13H2,1-2H3,(H,30,33)(H,28,29,32). The van der Waals surface area contributed by atoms with Crippen molar-refractivity contribution in [2.24, 2.45) is 0 Å². The zero-order valence-electron chi connectivity index (χ0n) is 20.7. The number of aryl methyl sites for hydroxylation is 4. The van der Waals surface area contributed by atoms with Gasteiger partial charge in [-0.25, -0.2) is 28.1 Å². The number of carbonyl (C=O) groups excluding carboxylic acids is 1. The molecule has 0 saturated carbocycles. The fourth-order valence-electron chi connectivity index (χ4n) is 4.11. The first kappa shape index (κ1) is 26.6. The van der Waals surface area contributed by atoms with Gasteiger partial charge in [-0.2, -0.15) is 5.26 Å². The van der Waals surface area contributed by atoms with Gasteiger partial charge in [-0.05, 0) is 81.5 Å². The predicted molar refractivity (Wildman–Crippen MR) is 143 cm³/mol. The van der Waals surface area contributed by atoms with Crippen LogP contribution in [0.3, 0.4) is 0 Å². The molecule has 0 fully saturated rings. The highest BCUT2D eigenvalue weighted by atomic mass is 32.2. The van der Waals surface area contributed by atoms with Crippen LogP contribution in [0.5, 0.6) is 0 Å². The van der Waals surface area contributed by atoms with E-state index in [2.05, 4.69) is 26.1 Å². The van der Waals surface area contributed by atoms with Crippen LogP contribution in [0.25, 0.3) is 0 Å². The van der Waals surface area contributed by atoms with Crippen molar-refractivity contribution >= 4 is 39.3 Å². The molecule has 0 bridgehead atoms. The molecular formula is C26H28N6O3S2. The number of nitriles is 1. The highest BCUT2D eigenvalue weighted by molar-refractivity contribution is 7.99. The Morgan fingerprint density at radius 2 is 1.73 bits per heavy atom. The van der Waals surface area contributed by atoms with Crippen LogP contribution < -0.4 is 10.0 Å². The molecule has 9 nitrogen and oxygen atoms in total. The minimum absolute atomic E-state index is 0.0101. The number of nitrogens with one attached hydrogen (secondary N) is 2. The van der Waals surface area contributed by atoms with Gasteiger partial charge >= 0.3 is 0 Å². The van der Waals surface area contributed by atoms with E-state index >= 15 is 0 Å². The second kappa shape index (κ2) is 11.7. The second-order valence-electron chi connectivity index (χ2n) is 8.87. The Labute approximate surface area is 221 Å². The minimum atomic E-state index is -3.88. The molecule has 192 valence electrons. The lowest BCUT2D eigenvalue weighted by atomic mass is 10.1. The Morgan fingerprint density at radius 1 is 1.03 bits per heavy atom. The van der Waals surface area contributed by atoms with E-state index in [1.165, 1.54) is 48.0 Å². The van der Waals surface area contributed by atoms with Gasteiger partial charge in [0.05, 0.1) is 10.5 Å². The maximum absolute atomic E-state index is 12.7. The molecule has 0 spiro atoms. The van der Waals surface area contributed by atoms with Crippen LogP contribution in [0.4, 0.5) is 11.6 Å². The van der Waals surface area contributed by atoms with Gasteiger partial charge in [0.15, 0.2) is 0 Å². The Hall–Kier alpha value is -3.49. The van der Waals surface area contributed by atoms with Crippen molar-refractivity contribution in [3.63, 3.8) is 0 Å². The Balaban J connectivity index is 1.33. The largest absolute Gasteiger partial charge is 0.326 e. The molecule has 1 aromatic carbocycles. The number of hydrogen-bond donors (Lipinski definition) is 2. The molecule has 2 N–H and O–H groups in total. The lowest BCUT2D eigenvalue weighted by molar-refractivity contribution is -0.115. The number of anilines is 2. The lowest BCUT2D eigenvalue weighted by Gasteiger charge is -2.10. The number of thioether (sulfide) groups is 1. The van der Waals surface area contributed by atoms with E-state index in [4.69, 9.17) is 4.98 Å². The van der Waals surface area contributed by atoms with Crippen molar-refractivity contribution in [1.82, 2.24) is 15.0 Å². The molecule has 0 saturated heterocycles. The van der Waals surface area contributed by atoms with Crippen molar-refractivity contribution in [1.29, 1.82) is 5.26 Å². The van der Waals surface area contributed by atoms with Gasteiger partial charge in [0.1, 0.15) is 11.1 Å². The first-order valence-electron chi connectivity index (χ1n) is 12.0. The third-order valence-corrected chi connectivity index (χ3v) is 8.20. The molecule has 3 aromatic rings. The quantitative estimate of drug-likeness (QED) is 0.316. The van der Waals surface area contributed by atoms with Gasteiger partial charge in [-0.1, -0.05) is 6.42 Å². The Kier molecular flexibility index (Phi) is 8.41. The predicted octanol–water partition coefficient (Wildman–Crippen LogP) is 4.55. The number of carbonyl (C=O) groups is 1. The summed E-state index contributed by atoms with van der Waals surface area (Å²) in [5, 5.41) is 13.0. The van der Waals surface area contributed by atoms with E-state index in [0.29, 0.717) is 33.4 Å². The molecule has 1 amide bonds. The number of rotatable bonds is 8. The van der Waals surface area contributed by atoms with Gasteiger partial charge in [-0.15, -0.1) is 11.8 Å². The molecule has 2 heterocycles. The highest BCUT2D eigenvalue weighted by Crippen LogP contribution is 2.27. The molecule has 11 heteroatoms. The van der Waals surface area contributed by atoms with Crippen LogP contribution in [0, 0.1) is 25.2 Å². The van der Waals surface area contributed by atoms with Gasteiger partial charge in [0, 0.05) is 34.9 Å². The number of fused-ring (bicyclic) bond motifs is 1. The van der Waals surface area contributed by atoms with Gasteiger partial charge in [-0.3, -0.25) is 4.79 Å². The second-order valence-corrected chi connectivity index (χ2v) is 11.6. The normalized spacial score (nSPS) is 13.2. The molecule has 4 rings (SSSR count). The monoisotopic (exact) mass is 536 g/mol. The van der Waals surface area contributed by atoms with E-state index in [-0.39, 0.29) is 23.2 Å². The summed E-state index contributed by atoms with van der Waals surface area (Å²) in [6.07, 6.45) is 5.50. The summed E-state index contributed by atoms with van der Waals surface area (Å²) in [7, 11) is -3.88. The molecule has 2 aromatic heterocycles. The lowest BCUT2D eigenvalue weighted by Crippen LogP contribution is -2.16. The fourth-order valence-corrected chi connectivity index (χ4v) is 5.97. The van der Waals surface area contributed by atoms with E-state index in [9.17, 15) is 18.5 Å². The average Bonchev–Trinajstić information content (AvgIpc) is 3.07. The molecular weight excluding hydrogens is 508 g/mol. The van der Waals surface area contributed by atoms with Crippen molar-refractivity contribution in [3.05, 3.63) is 64.6 Å². The number of amides is 1. The van der Waals surface area contributed by atoms with Crippen molar-refractivity contribution in [2.45, 2.75) is 62.3 Å². The first-order chi connectivity index (χ1) is 17.7. The van der Waals surface area contributed by atoms with Crippen molar-refractivity contribution in [2.75, 3.05) is 15.8 Å². The number of pyridine rings is 1. The average molecular weight is 537 g/mol. The van der Waals surface area contributed by atoms with Crippen LogP contribution in [-0.2, 0) is 27.7 Å². The summed E-state index contributed by atoms with van der Waals surface area (Å²) >= 11 is 1.40. The Morgan fingerprint density at radius 3 is 2.43 bits per heavy atom. The number of nitrogens with zero attached hydrogens (tertiary/aromatic N) is 4. The molecule has 1 aliphatic rings. The third-order valence-electron chi connectivity index (χ3n) is 5.86. The maximum Gasteiger partial charge on any atom is 0.264 e. The van der Waals surface area contributed by atoms with Gasteiger partial charge in [0.2, 0.25) is 11.9 Å². The molecule has 1 aliphatic carbocycles. The molecule has 0 atom stereocenters. The van der Waals surface area contributed by atoms with E-state index in [0.717, 1.165) is 31.4 Å². The van der Waals surface area contributed by atoms with Crippen LogP contribution in [0.2, 0.25) is 0 Å². The first-order valence-corrected chi connectivity index (χ1v) is 14.5. The van der Waals surface area contributed by atoms with Crippen LogP contribution in [0.1, 0.15) is 53.9 Å². The fraction of sp³-hybridized carbons (Fsp3) is 0.346. The SMILES string of the molecule is Cc1cc(C)nc(NS(=O)(=O)c2ccc(NC(=O)CCSc3nc4c(cc3C#N)CCCCC4)cc2)n1. The summed E-state index contributed by atoms with van der Waals surface area (Å²) in [4.78, 5) is 25.4. The van der Waals surface area contributed by atoms with Crippen molar-refractivity contribution < 1.29 is 13.2 Å². The zero-order chi connectivity index (χ0) is 26.4. The topological polar surface area (TPSA) is 138 Å². The molecule has 0 unspecified atom stereocenters. The number of sulfonamides is 1. The van der Waals surface area contributed by atoms with Crippen LogP contribution in [-0.4, -0.2) is 35.0 Å². The number of benzene rings is 1. The smallest absolute Gasteiger partial charge is 0.264 e. The van der Waals surface area contributed by atoms with E-state index in [1.807, 2.05) is 6.07 Å². The number of hydrogen-bond acceptors (Lipinski definition) is 8. The summed E-state index contributed by atoms with van der Waals surface area (Å²) in [6.45, 7) is 3.52. The molecule has 0 aliphatic heterocycles. The molecule has 37 heavy (non-hydrogen) atoms. The van der Waals surface area contributed by atoms with E-state index in [1.54, 1.807) is 19.9 Å².